The lowest BCUT2D eigenvalue weighted by Crippen LogP contribution is -2.37. The first-order valence-corrected chi connectivity index (χ1v) is 10.3. The molecule has 0 saturated heterocycles. The summed E-state index contributed by atoms with van der Waals surface area (Å²) in [6.45, 7) is 5.70. The van der Waals surface area contributed by atoms with Crippen LogP contribution in [0.4, 0.5) is 0 Å². The van der Waals surface area contributed by atoms with Crippen LogP contribution in [0, 0.1) is 0 Å². The van der Waals surface area contributed by atoms with Crippen LogP contribution in [-0.2, 0) is 13.1 Å². The number of benzene rings is 1. The van der Waals surface area contributed by atoms with Gasteiger partial charge in [-0.15, -0.1) is 10.2 Å². The van der Waals surface area contributed by atoms with Gasteiger partial charge < -0.3 is 20.3 Å². The summed E-state index contributed by atoms with van der Waals surface area (Å²) in [4.78, 5) is 6.84. The summed E-state index contributed by atoms with van der Waals surface area (Å²) >= 11 is 0. The molecule has 0 aliphatic carbocycles. The van der Waals surface area contributed by atoms with Gasteiger partial charge in [0.2, 0.25) is 0 Å². The molecule has 0 aliphatic rings. The van der Waals surface area contributed by atoms with E-state index in [0.717, 1.165) is 54.9 Å². The van der Waals surface area contributed by atoms with Gasteiger partial charge >= 0.3 is 0 Å². The normalized spacial score (nSPS) is 11.8. The van der Waals surface area contributed by atoms with Crippen molar-refractivity contribution in [3.63, 3.8) is 0 Å². The van der Waals surface area contributed by atoms with Gasteiger partial charge in [-0.25, -0.2) is 4.99 Å². The van der Waals surface area contributed by atoms with Crippen LogP contribution in [0.15, 0.2) is 53.7 Å². The zero-order valence-electron chi connectivity index (χ0n) is 18.0. The monoisotopic (exact) mass is 409 g/mol. The zero-order chi connectivity index (χ0) is 21.2. The van der Waals surface area contributed by atoms with E-state index < -0.39 is 0 Å². The van der Waals surface area contributed by atoms with E-state index in [1.165, 1.54) is 0 Å². The van der Waals surface area contributed by atoms with E-state index in [2.05, 4.69) is 57.0 Å². The highest BCUT2D eigenvalue weighted by atomic mass is 16.5. The van der Waals surface area contributed by atoms with Crippen LogP contribution < -0.4 is 15.4 Å². The van der Waals surface area contributed by atoms with E-state index in [4.69, 9.17) is 4.74 Å². The van der Waals surface area contributed by atoms with Crippen molar-refractivity contribution in [2.75, 3.05) is 33.8 Å². The number of ether oxygens (including phenoxy) is 1. The predicted octanol–water partition coefficient (Wildman–Crippen LogP) is 2.32. The number of fused-ring (bicyclic) bond motifs is 1. The minimum Gasteiger partial charge on any atom is -0.494 e. The molecule has 0 aliphatic heterocycles. The molecule has 0 amide bonds. The second kappa shape index (κ2) is 11.2. The molecule has 2 N–H and O–H groups in total. The summed E-state index contributed by atoms with van der Waals surface area (Å²) in [6.07, 6.45) is 2.97. The van der Waals surface area contributed by atoms with E-state index in [-0.39, 0.29) is 0 Å². The van der Waals surface area contributed by atoms with Gasteiger partial charge in [0.15, 0.2) is 17.4 Å². The number of aliphatic imine (C=N–C) groups is 1. The molecule has 0 bridgehead atoms. The Morgan fingerprint density at radius 3 is 2.70 bits per heavy atom. The van der Waals surface area contributed by atoms with E-state index in [1.807, 2.05) is 47.9 Å². The lowest BCUT2D eigenvalue weighted by Gasteiger charge is -2.11. The van der Waals surface area contributed by atoms with Crippen LogP contribution in [0.2, 0.25) is 0 Å². The number of hydrogen-bond acceptors (Lipinski definition) is 5. The smallest absolute Gasteiger partial charge is 0.191 e. The van der Waals surface area contributed by atoms with Gasteiger partial charge in [-0.05, 0) is 57.3 Å². The first-order chi connectivity index (χ1) is 14.7. The summed E-state index contributed by atoms with van der Waals surface area (Å²) in [5, 5.41) is 15.0. The Kier molecular flexibility index (Phi) is 8.02. The molecule has 0 fully saturated rings. The van der Waals surface area contributed by atoms with E-state index >= 15 is 0 Å². The molecule has 8 heteroatoms. The van der Waals surface area contributed by atoms with E-state index in [0.29, 0.717) is 13.1 Å². The lowest BCUT2D eigenvalue weighted by molar-refractivity contribution is 0.281. The second-order valence-electron chi connectivity index (χ2n) is 7.24. The van der Waals surface area contributed by atoms with Crippen LogP contribution >= 0.6 is 0 Å². The molecular weight excluding hydrogens is 378 g/mol. The van der Waals surface area contributed by atoms with Crippen molar-refractivity contribution in [2.24, 2.45) is 4.99 Å². The predicted molar refractivity (Wildman–Crippen MR) is 120 cm³/mol. The molecule has 0 unspecified atom stereocenters. The van der Waals surface area contributed by atoms with Crippen molar-refractivity contribution in [3.05, 3.63) is 60.0 Å². The first kappa shape index (κ1) is 21.6. The van der Waals surface area contributed by atoms with Crippen molar-refractivity contribution >= 4 is 11.6 Å². The minimum absolute atomic E-state index is 0.538. The first-order valence-electron chi connectivity index (χ1n) is 10.3. The molecule has 3 rings (SSSR count). The topological polar surface area (TPSA) is 79.1 Å². The molecule has 0 radical (unpaired) electrons. The fraction of sp³-hybridized carbons (Fsp3) is 0.409. The third kappa shape index (κ3) is 6.45. The Labute approximate surface area is 178 Å². The van der Waals surface area contributed by atoms with E-state index in [1.54, 1.807) is 0 Å². The van der Waals surface area contributed by atoms with Crippen LogP contribution in [0.25, 0.3) is 5.65 Å². The van der Waals surface area contributed by atoms with E-state index in [9.17, 15) is 0 Å². The maximum Gasteiger partial charge on any atom is 0.191 e. The van der Waals surface area contributed by atoms with Crippen LogP contribution in [0.1, 0.15) is 24.7 Å². The zero-order valence-corrected chi connectivity index (χ0v) is 18.0. The second-order valence-corrected chi connectivity index (χ2v) is 7.24. The van der Waals surface area contributed by atoms with Gasteiger partial charge in [0.25, 0.3) is 0 Å². The SMILES string of the molecule is CCNC(=NCc1ccc(OCCCN(C)C)cc1)NCc1nnc2ccccn12. The van der Waals surface area contributed by atoms with Crippen molar-refractivity contribution in [2.45, 2.75) is 26.4 Å². The number of nitrogens with zero attached hydrogens (tertiary/aromatic N) is 5. The molecule has 0 spiro atoms. The van der Waals surface area contributed by atoms with Crippen LogP contribution in [0.5, 0.6) is 5.75 Å². The van der Waals surface area contributed by atoms with Gasteiger partial charge in [-0.3, -0.25) is 4.40 Å². The highest BCUT2D eigenvalue weighted by molar-refractivity contribution is 5.79. The third-order valence-electron chi connectivity index (χ3n) is 4.50. The van der Waals surface area contributed by atoms with Crippen molar-refractivity contribution < 1.29 is 4.74 Å². The van der Waals surface area contributed by atoms with Gasteiger partial charge in [-0.2, -0.15) is 0 Å². The summed E-state index contributed by atoms with van der Waals surface area (Å²) in [6, 6.07) is 14.0. The fourth-order valence-electron chi connectivity index (χ4n) is 2.95. The van der Waals surface area contributed by atoms with Gasteiger partial charge in [0.05, 0.1) is 19.7 Å². The van der Waals surface area contributed by atoms with Gasteiger partial charge in [0.1, 0.15) is 5.75 Å². The Bertz CT molecular complexity index is 934. The minimum atomic E-state index is 0.538. The van der Waals surface area contributed by atoms with Gasteiger partial charge in [0, 0.05) is 19.3 Å². The molecule has 0 saturated carbocycles. The highest BCUT2D eigenvalue weighted by Crippen LogP contribution is 2.13. The maximum atomic E-state index is 5.79. The molecule has 3 aromatic rings. The summed E-state index contributed by atoms with van der Waals surface area (Å²) in [7, 11) is 4.14. The Hall–Kier alpha value is -3.13. The Balaban J connectivity index is 1.52. The maximum absolute atomic E-state index is 5.79. The lowest BCUT2D eigenvalue weighted by atomic mass is 10.2. The average molecular weight is 410 g/mol. The number of rotatable bonds is 10. The van der Waals surface area contributed by atoms with Crippen molar-refractivity contribution in [3.8, 4) is 5.75 Å². The molecule has 30 heavy (non-hydrogen) atoms. The molecule has 2 aromatic heterocycles. The summed E-state index contributed by atoms with van der Waals surface area (Å²) < 4.78 is 7.75. The highest BCUT2D eigenvalue weighted by Gasteiger charge is 2.05. The van der Waals surface area contributed by atoms with Crippen LogP contribution in [0.3, 0.4) is 0 Å². The average Bonchev–Trinajstić information content (AvgIpc) is 3.17. The third-order valence-corrected chi connectivity index (χ3v) is 4.50. The molecule has 8 nitrogen and oxygen atoms in total. The van der Waals surface area contributed by atoms with Crippen LogP contribution in [-0.4, -0.2) is 59.2 Å². The largest absolute Gasteiger partial charge is 0.494 e. The number of nitrogens with one attached hydrogen (secondary N) is 2. The summed E-state index contributed by atoms with van der Waals surface area (Å²) in [5.41, 5.74) is 1.96. The molecule has 160 valence electrons. The fourth-order valence-corrected chi connectivity index (χ4v) is 2.95. The van der Waals surface area contributed by atoms with Gasteiger partial charge in [-0.1, -0.05) is 18.2 Å². The number of guanidine groups is 1. The quantitative estimate of drug-likeness (QED) is 0.304. The molecule has 1 aromatic carbocycles. The standard InChI is InChI=1S/C22H31N7O/c1-4-23-22(25-17-21-27-26-20-8-5-6-14-29(20)21)24-16-18-9-11-19(12-10-18)30-15-7-13-28(2)3/h5-6,8-12,14H,4,7,13,15-17H2,1-3H3,(H2,23,24,25). The summed E-state index contributed by atoms with van der Waals surface area (Å²) in [5.74, 6) is 2.48. The number of pyridine rings is 1. The Morgan fingerprint density at radius 1 is 1.10 bits per heavy atom. The molecular formula is C22H31N7O. The number of hydrogen-bond donors (Lipinski definition) is 2. The Morgan fingerprint density at radius 2 is 1.93 bits per heavy atom. The van der Waals surface area contributed by atoms with Crippen molar-refractivity contribution in [1.82, 2.24) is 30.1 Å². The van der Waals surface area contributed by atoms with Crippen molar-refractivity contribution in [1.29, 1.82) is 0 Å². The molecule has 0 atom stereocenters. The number of aromatic nitrogens is 3. The molecule has 2 heterocycles.